The molecule has 0 unspecified atom stereocenters. The zero-order valence-corrected chi connectivity index (χ0v) is 21.4. The fourth-order valence-electron chi connectivity index (χ4n) is 4.82. The molecule has 4 rings (SSSR count). The van der Waals surface area contributed by atoms with Crippen LogP contribution in [0, 0.1) is 6.92 Å². The van der Waals surface area contributed by atoms with E-state index >= 15 is 0 Å². The van der Waals surface area contributed by atoms with Crippen LogP contribution >= 0.6 is 0 Å². The number of nitrogens with one attached hydrogen (secondary N) is 1. The summed E-state index contributed by atoms with van der Waals surface area (Å²) < 4.78 is 0. The molecule has 6 nitrogen and oxygen atoms in total. The Morgan fingerprint density at radius 1 is 1.00 bits per heavy atom. The molecule has 0 spiro atoms. The molecule has 3 aromatic carbocycles. The lowest BCUT2D eigenvalue weighted by molar-refractivity contribution is -0.140. The van der Waals surface area contributed by atoms with Crippen LogP contribution in [0.1, 0.15) is 61.0 Å². The van der Waals surface area contributed by atoms with Gasteiger partial charge in [0.2, 0.25) is 11.8 Å². The van der Waals surface area contributed by atoms with Gasteiger partial charge in [0.1, 0.15) is 6.04 Å². The standard InChI is InChI=1S/C30H35N3O3/c1-4-5-18-31-29(35)22(3)33(20-24-12-7-6-11-21(24)2)27(34)17-10-19-32-26-16-9-14-23-13-8-15-25(28(23)26)30(32)36/h6-9,11-16,22H,4-5,10,17-20H2,1-3H3,(H,31,35)/t22-/m0/s1. The van der Waals surface area contributed by atoms with E-state index in [0.29, 0.717) is 31.6 Å². The highest BCUT2D eigenvalue weighted by molar-refractivity contribution is 6.25. The van der Waals surface area contributed by atoms with E-state index in [-0.39, 0.29) is 24.1 Å². The maximum Gasteiger partial charge on any atom is 0.258 e. The number of amides is 3. The summed E-state index contributed by atoms with van der Waals surface area (Å²) in [5.74, 6) is -0.240. The van der Waals surface area contributed by atoms with Crippen molar-refractivity contribution in [1.82, 2.24) is 10.2 Å². The van der Waals surface area contributed by atoms with Gasteiger partial charge < -0.3 is 15.1 Å². The third-order valence-electron chi connectivity index (χ3n) is 7.02. The lowest BCUT2D eigenvalue weighted by Crippen LogP contribution is -2.48. The minimum absolute atomic E-state index is 0.0188. The number of benzene rings is 3. The minimum atomic E-state index is -0.583. The van der Waals surface area contributed by atoms with Crippen molar-refractivity contribution in [3.05, 3.63) is 77.4 Å². The van der Waals surface area contributed by atoms with E-state index in [1.54, 1.807) is 16.7 Å². The third kappa shape index (κ3) is 5.27. The Bertz CT molecular complexity index is 1260. The van der Waals surface area contributed by atoms with Gasteiger partial charge in [0.15, 0.2) is 0 Å². The molecule has 3 aromatic rings. The first-order valence-corrected chi connectivity index (χ1v) is 12.9. The van der Waals surface area contributed by atoms with E-state index in [1.165, 1.54) is 0 Å². The third-order valence-corrected chi connectivity index (χ3v) is 7.02. The quantitative estimate of drug-likeness (QED) is 0.379. The maximum absolute atomic E-state index is 13.4. The van der Waals surface area contributed by atoms with Gasteiger partial charge in [-0.2, -0.15) is 0 Å². The van der Waals surface area contributed by atoms with E-state index in [2.05, 4.69) is 12.2 Å². The van der Waals surface area contributed by atoms with Gasteiger partial charge in [-0.3, -0.25) is 14.4 Å². The average Bonchev–Trinajstić information content (AvgIpc) is 3.16. The number of unbranched alkanes of at least 4 members (excludes halogenated alkanes) is 1. The van der Waals surface area contributed by atoms with Crippen molar-refractivity contribution in [3.63, 3.8) is 0 Å². The first-order valence-electron chi connectivity index (χ1n) is 12.9. The summed E-state index contributed by atoms with van der Waals surface area (Å²) in [4.78, 5) is 42.8. The number of rotatable bonds is 11. The smallest absolute Gasteiger partial charge is 0.258 e. The van der Waals surface area contributed by atoms with Crippen molar-refractivity contribution in [2.24, 2.45) is 0 Å². The van der Waals surface area contributed by atoms with Crippen molar-refractivity contribution in [2.45, 2.75) is 59.0 Å². The Kier molecular flexibility index (Phi) is 8.04. The minimum Gasteiger partial charge on any atom is -0.354 e. The highest BCUT2D eigenvalue weighted by Gasteiger charge is 2.30. The van der Waals surface area contributed by atoms with Gasteiger partial charge in [0, 0.05) is 37.0 Å². The fraction of sp³-hybridized carbons (Fsp3) is 0.367. The van der Waals surface area contributed by atoms with Gasteiger partial charge in [-0.15, -0.1) is 0 Å². The highest BCUT2D eigenvalue weighted by Crippen LogP contribution is 2.37. The summed E-state index contributed by atoms with van der Waals surface area (Å²) in [5.41, 5.74) is 3.73. The summed E-state index contributed by atoms with van der Waals surface area (Å²) in [6, 6.07) is 19.1. The Hall–Kier alpha value is -3.67. The molecule has 1 N–H and O–H groups in total. The molecule has 188 valence electrons. The van der Waals surface area contributed by atoms with Crippen LogP contribution in [-0.4, -0.2) is 41.8 Å². The molecule has 0 saturated carbocycles. The first kappa shape index (κ1) is 25.4. The molecule has 0 fully saturated rings. The molecule has 0 aromatic heterocycles. The van der Waals surface area contributed by atoms with Gasteiger partial charge >= 0.3 is 0 Å². The molecule has 1 atom stereocenters. The number of aryl methyl sites for hydroxylation is 1. The number of anilines is 1. The van der Waals surface area contributed by atoms with Crippen LogP contribution in [-0.2, 0) is 16.1 Å². The molecular weight excluding hydrogens is 450 g/mol. The van der Waals surface area contributed by atoms with E-state index in [4.69, 9.17) is 0 Å². The Balaban J connectivity index is 1.45. The number of carbonyl (C=O) groups is 3. The normalized spacial score (nSPS) is 13.2. The van der Waals surface area contributed by atoms with Crippen molar-refractivity contribution < 1.29 is 14.4 Å². The fourth-order valence-corrected chi connectivity index (χ4v) is 4.82. The Morgan fingerprint density at radius 3 is 2.50 bits per heavy atom. The summed E-state index contributed by atoms with van der Waals surface area (Å²) >= 11 is 0. The predicted molar refractivity (Wildman–Crippen MR) is 144 cm³/mol. The second kappa shape index (κ2) is 11.4. The maximum atomic E-state index is 13.4. The van der Waals surface area contributed by atoms with E-state index < -0.39 is 6.04 Å². The summed E-state index contributed by atoms with van der Waals surface area (Å²) in [7, 11) is 0. The number of hydrogen-bond acceptors (Lipinski definition) is 3. The zero-order valence-electron chi connectivity index (χ0n) is 21.4. The van der Waals surface area contributed by atoms with Crippen molar-refractivity contribution in [1.29, 1.82) is 0 Å². The van der Waals surface area contributed by atoms with Gasteiger partial charge in [-0.1, -0.05) is 61.9 Å². The molecule has 0 saturated heterocycles. The van der Waals surface area contributed by atoms with Crippen molar-refractivity contribution in [2.75, 3.05) is 18.0 Å². The first-order chi connectivity index (χ1) is 17.4. The molecule has 3 amide bonds. The highest BCUT2D eigenvalue weighted by atomic mass is 16.2. The van der Waals surface area contributed by atoms with Crippen LogP contribution in [0.2, 0.25) is 0 Å². The predicted octanol–water partition coefficient (Wildman–Crippen LogP) is 5.22. The van der Waals surface area contributed by atoms with E-state index in [9.17, 15) is 14.4 Å². The molecule has 36 heavy (non-hydrogen) atoms. The van der Waals surface area contributed by atoms with Crippen LogP contribution in [0.25, 0.3) is 10.8 Å². The topological polar surface area (TPSA) is 69.7 Å². The van der Waals surface area contributed by atoms with Crippen molar-refractivity contribution >= 4 is 34.2 Å². The molecule has 0 bridgehead atoms. The van der Waals surface area contributed by atoms with Crippen molar-refractivity contribution in [3.8, 4) is 0 Å². The summed E-state index contributed by atoms with van der Waals surface area (Å²) in [6.07, 6.45) is 2.68. The number of nitrogens with zero attached hydrogens (tertiary/aromatic N) is 2. The lowest BCUT2D eigenvalue weighted by Gasteiger charge is -2.29. The number of hydrogen-bond donors (Lipinski definition) is 1. The summed E-state index contributed by atoms with van der Waals surface area (Å²) in [5, 5.41) is 4.99. The van der Waals surface area contributed by atoms with Gasteiger partial charge in [-0.05, 0) is 55.3 Å². The molecule has 0 aliphatic carbocycles. The molecule has 1 heterocycles. The number of carbonyl (C=O) groups excluding carboxylic acids is 3. The largest absolute Gasteiger partial charge is 0.354 e. The molecule has 1 aliphatic heterocycles. The van der Waals surface area contributed by atoms with Crippen LogP contribution in [0.3, 0.4) is 0 Å². The second-order valence-corrected chi connectivity index (χ2v) is 9.51. The van der Waals surface area contributed by atoms with Crippen LogP contribution in [0.5, 0.6) is 0 Å². The van der Waals surface area contributed by atoms with Gasteiger partial charge in [0.25, 0.3) is 5.91 Å². The molecule has 6 heteroatoms. The van der Waals surface area contributed by atoms with Crippen LogP contribution in [0.4, 0.5) is 5.69 Å². The van der Waals surface area contributed by atoms with Crippen LogP contribution < -0.4 is 10.2 Å². The van der Waals surface area contributed by atoms with E-state index in [0.717, 1.165) is 40.4 Å². The monoisotopic (exact) mass is 485 g/mol. The summed E-state index contributed by atoms with van der Waals surface area (Å²) in [6.45, 7) is 7.32. The molecular formula is C30H35N3O3. The van der Waals surface area contributed by atoms with Crippen LogP contribution in [0.15, 0.2) is 60.7 Å². The Labute approximate surface area is 213 Å². The van der Waals surface area contributed by atoms with E-state index in [1.807, 2.05) is 67.6 Å². The lowest BCUT2D eigenvalue weighted by atomic mass is 10.1. The molecule has 1 aliphatic rings. The van der Waals surface area contributed by atoms with Gasteiger partial charge in [-0.25, -0.2) is 0 Å². The SMILES string of the molecule is CCCCNC(=O)[C@H](C)N(Cc1ccccc1C)C(=O)CCCN1C(=O)c2cccc3cccc1c23. The molecule has 0 radical (unpaired) electrons. The van der Waals surface area contributed by atoms with Gasteiger partial charge in [0.05, 0.1) is 5.69 Å². The zero-order chi connectivity index (χ0) is 25.7. The average molecular weight is 486 g/mol. The Morgan fingerprint density at radius 2 is 1.75 bits per heavy atom. The second-order valence-electron chi connectivity index (χ2n) is 9.51.